The summed E-state index contributed by atoms with van der Waals surface area (Å²) < 4.78 is 11.3. The Labute approximate surface area is 119 Å². The van der Waals surface area contributed by atoms with Gasteiger partial charge in [-0.1, -0.05) is 32.0 Å². The highest BCUT2D eigenvalue weighted by Crippen LogP contribution is 2.27. The number of hydrogen-bond donors (Lipinski definition) is 1. The molecule has 0 saturated carbocycles. The van der Waals surface area contributed by atoms with E-state index in [1.54, 1.807) is 0 Å². The molecule has 0 amide bonds. The van der Waals surface area contributed by atoms with Crippen molar-refractivity contribution in [3.8, 4) is 5.75 Å². The van der Waals surface area contributed by atoms with E-state index >= 15 is 0 Å². The second-order valence-corrected chi connectivity index (χ2v) is 4.52. The van der Waals surface area contributed by atoms with E-state index in [0.717, 1.165) is 24.2 Å². The largest absolute Gasteiger partial charge is 0.483 e. The normalized spacial score (nSPS) is 12.3. The van der Waals surface area contributed by atoms with E-state index in [4.69, 9.17) is 9.15 Å². The Morgan fingerprint density at radius 2 is 1.95 bits per heavy atom. The summed E-state index contributed by atoms with van der Waals surface area (Å²) in [5.41, 5.74) is 1.15. The third-order valence-electron chi connectivity index (χ3n) is 3.21. The molecule has 0 saturated heterocycles. The first-order valence-corrected chi connectivity index (χ1v) is 6.98. The van der Waals surface area contributed by atoms with Crippen LogP contribution in [0.25, 0.3) is 0 Å². The zero-order chi connectivity index (χ0) is 14.4. The molecule has 0 fully saturated rings. The van der Waals surface area contributed by atoms with Crippen LogP contribution in [0.2, 0.25) is 0 Å². The minimum atomic E-state index is 0.278. The number of nitrogens with one attached hydrogen (secondary N) is 1. The highest BCUT2D eigenvalue weighted by atomic mass is 16.5. The van der Waals surface area contributed by atoms with Crippen molar-refractivity contribution in [1.29, 1.82) is 0 Å². The van der Waals surface area contributed by atoms with Gasteiger partial charge in [0.2, 0.25) is 5.89 Å². The van der Waals surface area contributed by atoms with Crippen LogP contribution in [0.3, 0.4) is 0 Å². The summed E-state index contributed by atoms with van der Waals surface area (Å²) in [7, 11) is 1.95. The van der Waals surface area contributed by atoms with Crippen molar-refractivity contribution in [2.24, 2.45) is 0 Å². The Bertz CT molecular complexity index is 535. The predicted octanol–water partition coefficient (Wildman–Crippen LogP) is 2.88. The minimum Gasteiger partial charge on any atom is -0.483 e. The van der Waals surface area contributed by atoms with E-state index in [1.165, 1.54) is 0 Å². The van der Waals surface area contributed by atoms with Gasteiger partial charge >= 0.3 is 0 Å². The molecular weight excluding hydrogens is 254 g/mol. The molecule has 0 radical (unpaired) electrons. The van der Waals surface area contributed by atoms with Crippen molar-refractivity contribution < 1.29 is 9.15 Å². The molecule has 1 unspecified atom stereocenters. The van der Waals surface area contributed by atoms with E-state index in [9.17, 15) is 0 Å². The summed E-state index contributed by atoms with van der Waals surface area (Å²) in [6, 6.07) is 8.30. The monoisotopic (exact) mass is 275 g/mol. The van der Waals surface area contributed by atoms with Crippen LogP contribution in [0.15, 0.2) is 28.7 Å². The van der Waals surface area contributed by atoms with Crippen LogP contribution in [0.4, 0.5) is 0 Å². The molecule has 1 aromatic heterocycles. The summed E-state index contributed by atoms with van der Waals surface area (Å²) in [5.74, 6) is 2.00. The number of para-hydroxylation sites is 1. The van der Waals surface area contributed by atoms with Crippen LogP contribution in [0.5, 0.6) is 5.75 Å². The summed E-state index contributed by atoms with van der Waals surface area (Å²) in [6.07, 6.45) is 1.73. The lowest BCUT2D eigenvalue weighted by atomic mass is 10.0. The number of aryl methyl sites for hydroxylation is 1. The molecule has 0 aliphatic carbocycles. The molecule has 0 aliphatic heterocycles. The third-order valence-corrected chi connectivity index (χ3v) is 3.21. The molecular formula is C15H21N3O2. The van der Waals surface area contributed by atoms with Crippen molar-refractivity contribution in [3.05, 3.63) is 41.6 Å². The molecule has 0 aliphatic rings. The number of rotatable bonds is 7. The van der Waals surface area contributed by atoms with Crippen molar-refractivity contribution in [3.63, 3.8) is 0 Å². The maximum atomic E-state index is 5.83. The Hall–Kier alpha value is -1.88. The zero-order valence-corrected chi connectivity index (χ0v) is 12.2. The van der Waals surface area contributed by atoms with E-state index in [-0.39, 0.29) is 6.04 Å². The number of aromatic nitrogens is 2. The predicted molar refractivity (Wildman–Crippen MR) is 76.5 cm³/mol. The average molecular weight is 275 g/mol. The van der Waals surface area contributed by atoms with Gasteiger partial charge in [0.1, 0.15) is 5.75 Å². The van der Waals surface area contributed by atoms with Crippen LogP contribution in [0, 0.1) is 0 Å². The van der Waals surface area contributed by atoms with Gasteiger partial charge in [-0.2, -0.15) is 0 Å². The molecule has 1 N–H and O–H groups in total. The molecule has 1 atom stereocenters. The van der Waals surface area contributed by atoms with Gasteiger partial charge in [-0.3, -0.25) is 0 Å². The smallest absolute Gasteiger partial charge is 0.253 e. The number of nitrogens with zero attached hydrogens (tertiary/aromatic N) is 2. The second kappa shape index (κ2) is 7.05. The summed E-state index contributed by atoms with van der Waals surface area (Å²) in [5, 5.41) is 11.2. The average Bonchev–Trinajstić information content (AvgIpc) is 2.95. The lowest BCUT2D eigenvalue weighted by molar-refractivity contribution is 0.254. The highest BCUT2D eigenvalue weighted by molar-refractivity contribution is 5.35. The molecule has 5 nitrogen and oxygen atoms in total. The second-order valence-electron chi connectivity index (χ2n) is 4.52. The molecule has 2 rings (SSSR count). The summed E-state index contributed by atoms with van der Waals surface area (Å²) >= 11 is 0. The standard InChI is InChI=1S/C15H21N3O2/c1-4-12(16-3)11-8-6-7-9-13(11)19-10-15-18-17-14(5-2)20-15/h6-9,12,16H,4-5,10H2,1-3H3. The van der Waals surface area contributed by atoms with Crippen LogP contribution in [-0.2, 0) is 13.0 Å². The SMILES string of the molecule is CCc1nnc(COc2ccccc2C(CC)NC)o1. The first-order valence-electron chi connectivity index (χ1n) is 6.98. The molecule has 5 heteroatoms. The van der Waals surface area contributed by atoms with Crippen LogP contribution in [0.1, 0.15) is 43.7 Å². The molecule has 0 bridgehead atoms. The molecule has 0 spiro atoms. The fraction of sp³-hybridized carbons (Fsp3) is 0.467. The number of hydrogen-bond acceptors (Lipinski definition) is 5. The Morgan fingerprint density at radius 1 is 1.20 bits per heavy atom. The van der Waals surface area contributed by atoms with Crippen molar-refractivity contribution in [2.45, 2.75) is 39.3 Å². The first kappa shape index (κ1) is 14.5. The van der Waals surface area contributed by atoms with Gasteiger partial charge in [0.25, 0.3) is 5.89 Å². The first-order chi connectivity index (χ1) is 9.78. The zero-order valence-electron chi connectivity index (χ0n) is 12.2. The fourth-order valence-corrected chi connectivity index (χ4v) is 2.11. The van der Waals surface area contributed by atoms with E-state index in [2.05, 4.69) is 28.5 Å². The maximum Gasteiger partial charge on any atom is 0.253 e. The topological polar surface area (TPSA) is 60.2 Å². The van der Waals surface area contributed by atoms with Crippen molar-refractivity contribution in [1.82, 2.24) is 15.5 Å². The third kappa shape index (κ3) is 3.36. The van der Waals surface area contributed by atoms with Crippen molar-refractivity contribution in [2.75, 3.05) is 7.05 Å². The van der Waals surface area contributed by atoms with Gasteiger partial charge < -0.3 is 14.5 Å². The van der Waals surface area contributed by atoms with Crippen molar-refractivity contribution >= 4 is 0 Å². The van der Waals surface area contributed by atoms with E-state index in [1.807, 2.05) is 32.2 Å². The quantitative estimate of drug-likeness (QED) is 0.842. The Balaban J connectivity index is 2.09. The molecule has 1 aromatic carbocycles. The molecule has 1 heterocycles. The Morgan fingerprint density at radius 3 is 2.60 bits per heavy atom. The number of ether oxygens (including phenoxy) is 1. The van der Waals surface area contributed by atoms with Gasteiger partial charge in [0, 0.05) is 18.0 Å². The summed E-state index contributed by atoms with van der Waals surface area (Å²) in [6.45, 7) is 4.42. The van der Waals surface area contributed by atoms with Gasteiger partial charge in [0.05, 0.1) is 0 Å². The maximum absolute atomic E-state index is 5.83. The lowest BCUT2D eigenvalue weighted by Gasteiger charge is -2.18. The van der Waals surface area contributed by atoms with Crippen LogP contribution in [-0.4, -0.2) is 17.2 Å². The van der Waals surface area contributed by atoms with Crippen LogP contribution >= 0.6 is 0 Å². The number of benzene rings is 1. The minimum absolute atomic E-state index is 0.278. The molecule has 2 aromatic rings. The van der Waals surface area contributed by atoms with Gasteiger partial charge in [-0.05, 0) is 19.5 Å². The van der Waals surface area contributed by atoms with Gasteiger partial charge in [-0.25, -0.2) is 0 Å². The highest BCUT2D eigenvalue weighted by Gasteiger charge is 2.13. The lowest BCUT2D eigenvalue weighted by Crippen LogP contribution is -2.16. The van der Waals surface area contributed by atoms with Gasteiger partial charge in [-0.15, -0.1) is 10.2 Å². The molecule has 20 heavy (non-hydrogen) atoms. The van der Waals surface area contributed by atoms with E-state index in [0.29, 0.717) is 18.4 Å². The van der Waals surface area contributed by atoms with Crippen LogP contribution < -0.4 is 10.1 Å². The fourth-order valence-electron chi connectivity index (χ4n) is 2.11. The summed E-state index contributed by atoms with van der Waals surface area (Å²) in [4.78, 5) is 0. The van der Waals surface area contributed by atoms with E-state index < -0.39 is 0 Å². The Kier molecular flexibility index (Phi) is 5.12. The molecule has 108 valence electrons. The van der Waals surface area contributed by atoms with Gasteiger partial charge in [0.15, 0.2) is 6.61 Å².